The summed E-state index contributed by atoms with van der Waals surface area (Å²) in [5, 5.41) is 16.6. The number of likely N-dealkylation sites (tertiary alicyclic amines) is 1. The SMILES string of the molecule is O=C1[C@H](OC[C@H]2c3ccccc3CN2c2cn[nH]c(=O)c2C(F)(F)F)CCN1[C@@H]1CCN(c2ncc(C3CC3)cn2)C[C@H]1O. The quantitative estimate of drug-likeness (QED) is 0.415. The topological polar surface area (TPSA) is 128 Å². The van der Waals surface area contributed by atoms with Crippen LogP contribution >= 0.6 is 0 Å². The Morgan fingerprint density at radius 3 is 2.50 bits per heavy atom. The average Bonchev–Trinajstić information content (AvgIpc) is 3.70. The molecule has 5 heterocycles. The van der Waals surface area contributed by atoms with Crippen LogP contribution in [0.1, 0.15) is 59.9 Å². The summed E-state index contributed by atoms with van der Waals surface area (Å²) < 4.78 is 47.9. The molecule has 0 spiro atoms. The Morgan fingerprint density at radius 1 is 1.00 bits per heavy atom. The highest BCUT2D eigenvalue weighted by molar-refractivity contribution is 5.83. The van der Waals surface area contributed by atoms with Crippen molar-refractivity contribution in [3.63, 3.8) is 0 Å². The molecule has 3 aromatic rings. The number of alkyl halides is 3. The summed E-state index contributed by atoms with van der Waals surface area (Å²) in [6, 6.07) is 6.16. The van der Waals surface area contributed by atoms with E-state index in [2.05, 4.69) is 15.1 Å². The molecular weight excluding hydrogens is 579 g/mol. The number of carbonyl (C=O) groups excluding carboxylic acids is 1. The standard InChI is InChI=1S/C30H32F3N7O4/c31-30(32,33)26-22(13-36-37-27(26)42)40-14-18-3-1-2-4-20(18)23(40)16-44-25-8-10-39(28(25)43)21-7-9-38(15-24(21)41)29-34-11-19(12-35-29)17-5-6-17/h1-4,11-13,17,21,23-25,41H,5-10,14-16H2,(H,37,42)/t21-,23+,24-,25-/m1/s1. The summed E-state index contributed by atoms with van der Waals surface area (Å²) in [4.78, 5) is 39.7. The minimum Gasteiger partial charge on any atom is -0.389 e. The van der Waals surface area contributed by atoms with E-state index in [1.54, 1.807) is 17.0 Å². The van der Waals surface area contributed by atoms with E-state index in [4.69, 9.17) is 4.74 Å². The summed E-state index contributed by atoms with van der Waals surface area (Å²) in [6.45, 7) is 1.34. The monoisotopic (exact) mass is 611 g/mol. The Hall–Kier alpha value is -4.04. The van der Waals surface area contributed by atoms with E-state index in [1.807, 2.05) is 34.5 Å². The maximum atomic E-state index is 13.9. The van der Waals surface area contributed by atoms with Crippen LogP contribution in [-0.4, -0.2) is 80.6 Å². The molecule has 44 heavy (non-hydrogen) atoms. The first-order valence-electron chi connectivity index (χ1n) is 14.9. The number of hydrogen-bond donors (Lipinski definition) is 2. The van der Waals surface area contributed by atoms with Crippen molar-refractivity contribution in [1.29, 1.82) is 0 Å². The van der Waals surface area contributed by atoms with Gasteiger partial charge in [-0.15, -0.1) is 0 Å². The van der Waals surface area contributed by atoms with Crippen molar-refractivity contribution in [1.82, 2.24) is 25.1 Å². The van der Waals surface area contributed by atoms with Crippen LogP contribution in [-0.2, 0) is 22.3 Å². The zero-order valence-electron chi connectivity index (χ0n) is 23.8. The highest BCUT2D eigenvalue weighted by atomic mass is 19.4. The van der Waals surface area contributed by atoms with Crippen molar-refractivity contribution >= 4 is 17.5 Å². The Kier molecular flexibility index (Phi) is 7.28. The van der Waals surface area contributed by atoms with Gasteiger partial charge in [0.1, 0.15) is 11.7 Å². The van der Waals surface area contributed by atoms with Gasteiger partial charge in [-0.3, -0.25) is 9.59 Å². The molecular formula is C30H32F3N7O4. The van der Waals surface area contributed by atoms with Crippen LogP contribution in [0.4, 0.5) is 24.8 Å². The summed E-state index contributed by atoms with van der Waals surface area (Å²) in [5.74, 6) is 0.867. The second kappa shape index (κ2) is 11.1. The van der Waals surface area contributed by atoms with Crippen LogP contribution in [0.15, 0.2) is 47.7 Å². The number of β-amino-alcohol motifs (C(OH)–C–C–N with tert-alkyl or cyclic N) is 1. The van der Waals surface area contributed by atoms with Crippen LogP contribution in [0.25, 0.3) is 0 Å². The molecule has 11 nitrogen and oxygen atoms in total. The molecule has 1 amide bonds. The number of aliphatic hydroxyl groups excluding tert-OH is 1. The highest BCUT2D eigenvalue weighted by Crippen LogP contribution is 2.43. The third-order valence-corrected chi connectivity index (χ3v) is 9.14. The zero-order valence-corrected chi connectivity index (χ0v) is 23.8. The lowest BCUT2D eigenvalue weighted by Crippen LogP contribution is -2.55. The van der Waals surface area contributed by atoms with Gasteiger partial charge in [0.05, 0.1) is 36.7 Å². The van der Waals surface area contributed by atoms with Crippen LogP contribution in [0.3, 0.4) is 0 Å². The fourth-order valence-corrected chi connectivity index (χ4v) is 6.73. The fraction of sp³-hybridized carbons (Fsp3) is 0.500. The molecule has 2 saturated heterocycles. The second-order valence-corrected chi connectivity index (χ2v) is 11.9. The first-order chi connectivity index (χ1) is 21.2. The number of ether oxygens (including phenoxy) is 1. The fourth-order valence-electron chi connectivity index (χ4n) is 6.73. The molecule has 4 aliphatic rings. The molecule has 232 valence electrons. The summed E-state index contributed by atoms with van der Waals surface area (Å²) >= 11 is 0. The lowest BCUT2D eigenvalue weighted by Gasteiger charge is -2.40. The highest BCUT2D eigenvalue weighted by Gasteiger charge is 2.44. The van der Waals surface area contributed by atoms with E-state index in [0.29, 0.717) is 44.3 Å². The number of anilines is 2. The van der Waals surface area contributed by atoms with Crippen molar-refractivity contribution in [2.24, 2.45) is 0 Å². The number of aromatic nitrogens is 4. The van der Waals surface area contributed by atoms with Gasteiger partial charge in [-0.05, 0) is 41.9 Å². The Bertz CT molecular complexity index is 1600. The van der Waals surface area contributed by atoms with Crippen LogP contribution in [0, 0.1) is 0 Å². The molecule has 3 fully saturated rings. The van der Waals surface area contributed by atoms with E-state index in [0.717, 1.165) is 35.7 Å². The molecule has 2 N–H and O–H groups in total. The van der Waals surface area contributed by atoms with Gasteiger partial charge in [0, 0.05) is 45.0 Å². The molecule has 0 radical (unpaired) electrons. The van der Waals surface area contributed by atoms with E-state index >= 15 is 0 Å². The molecule has 3 aliphatic heterocycles. The Balaban J connectivity index is 1.03. The number of H-pyrrole nitrogens is 1. The van der Waals surface area contributed by atoms with Crippen LogP contribution in [0.2, 0.25) is 0 Å². The van der Waals surface area contributed by atoms with Crippen molar-refractivity contribution in [2.45, 2.75) is 68.6 Å². The number of hydrogen-bond acceptors (Lipinski definition) is 9. The number of nitrogens with zero attached hydrogens (tertiary/aromatic N) is 6. The van der Waals surface area contributed by atoms with Gasteiger partial charge < -0.3 is 24.5 Å². The number of carbonyl (C=O) groups is 1. The third kappa shape index (κ3) is 5.30. The average molecular weight is 612 g/mol. The molecule has 1 aliphatic carbocycles. The number of piperidine rings is 1. The third-order valence-electron chi connectivity index (χ3n) is 9.14. The number of aliphatic hydroxyl groups is 1. The van der Waals surface area contributed by atoms with Gasteiger partial charge in [0.15, 0.2) is 0 Å². The van der Waals surface area contributed by atoms with Gasteiger partial charge in [0.2, 0.25) is 5.95 Å². The minimum atomic E-state index is -4.89. The maximum absolute atomic E-state index is 13.9. The number of aromatic amines is 1. The van der Waals surface area contributed by atoms with Crippen LogP contribution in [0.5, 0.6) is 0 Å². The van der Waals surface area contributed by atoms with Gasteiger partial charge in [0.25, 0.3) is 11.5 Å². The minimum absolute atomic E-state index is 0.0689. The predicted molar refractivity (Wildman–Crippen MR) is 152 cm³/mol. The normalized spacial score (nSPS) is 25.5. The van der Waals surface area contributed by atoms with Gasteiger partial charge in [-0.2, -0.15) is 18.3 Å². The number of rotatable bonds is 7. The molecule has 14 heteroatoms. The molecule has 2 aromatic heterocycles. The first-order valence-corrected chi connectivity index (χ1v) is 14.9. The van der Waals surface area contributed by atoms with Gasteiger partial charge >= 0.3 is 6.18 Å². The molecule has 7 rings (SSSR count). The molecule has 1 aromatic carbocycles. The van der Waals surface area contributed by atoms with Crippen molar-refractivity contribution < 1.29 is 27.8 Å². The van der Waals surface area contributed by atoms with Crippen molar-refractivity contribution in [3.8, 4) is 0 Å². The van der Waals surface area contributed by atoms with E-state index in [-0.39, 0.29) is 24.7 Å². The summed E-state index contributed by atoms with van der Waals surface area (Å²) in [6.07, 6.45) is 1.47. The zero-order chi connectivity index (χ0) is 30.6. The summed E-state index contributed by atoms with van der Waals surface area (Å²) in [7, 11) is 0. The van der Waals surface area contributed by atoms with E-state index in [1.165, 1.54) is 4.90 Å². The number of nitrogens with one attached hydrogen (secondary N) is 1. The smallest absolute Gasteiger partial charge is 0.389 e. The Labute approximate surface area is 250 Å². The van der Waals surface area contributed by atoms with Crippen molar-refractivity contribution in [3.05, 3.63) is 75.5 Å². The molecule has 1 saturated carbocycles. The maximum Gasteiger partial charge on any atom is 0.423 e. The Morgan fingerprint density at radius 2 is 1.77 bits per heavy atom. The molecule has 0 bridgehead atoms. The number of halogens is 3. The predicted octanol–water partition coefficient (Wildman–Crippen LogP) is 2.77. The summed E-state index contributed by atoms with van der Waals surface area (Å²) in [5.41, 5.74) is -0.284. The largest absolute Gasteiger partial charge is 0.423 e. The van der Waals surface area contributed by atoms with Gasteiger partial charge in [-0.25, -0.2) is 15.1 Å². The van der Waals surface area contributed by atoms with Gasteiger partial charge in [-0.1, -0.05) is 24.3 Å². The molecule has 0 unspecified atom stereocenters. The first kappa shape index (κ1) is 28.7. The number of amides is 1. The van der Waals surface area contributed by atoms with E-state index < -0.39 is 41.6 Å². The lowest BCUT2D eigenvalue weighted by molar-refractivity contribution is -0.141. The van der Waals surface area contributed by atoms with E-state index in [9.17, 15) is 27.9 Å². The molecule has 4 atom stereocenters. The lowest BCUT2D eigenvalue weighted by atomic mass is 10.0. The number of fused-ring (bicyclic) bond motifs is 1. The second-order valence-electron chi connectivity index (χ2n) is 11.9. The van der Waals surface area contributed by atoms with Crippen molar-refractivity contribution in [2.75, 3.05) is 36.0 Å². The van der Waals surface area contributed by atoms with Crippen LogP contribution < -0.4 is 15.4 Å². The number of benzene rings is 1.